The van der Waals surface area contributed by atoms with Crippen molar-refractivity contribution in [2.45, 2.75) is 13.3 Å². The number of fused-ring (bicyclic) bond motifs is 1. The number of rotatable bonds is 5. The highest BCUT2D eigenvalue weighted by atomic mass is 35.5. The Morgan fingerprint density at radius 1 is 1.14 bits per heavy atom. The van der Waals surface area contributed by atoms with E-state index >= 15 is 0 Å². The Hall–Kier alpha value is -3.31. The Balaban J connectivity index is 1.27. The average Bonchev–Trinajstić information content (AvgIpc) is 3.57. The molecule has 1 amide bonds. The molecule has 0 atom stereocenters. The first-order valence-electron chi connectivity index (χ1n) is 10.4. The van der Waals surface area contributed by atoms with Crippen LogP contribution in [0.1, 0.15) is 23.3 Å². The van der Waals surface area contributed by atoms with Crippen LogP contribution in [-0.2, 0) is 6.42 Å². The van der Waals surface area contributed by atoms with E-state index in [2.05, 4.69) is 25.9 Å². The maximum absolute atomic E-state index is 12.6. The lowest BCUT2D eigenvalue weighted by Crippen LogP contribution is -2.33. The van der Waals surface area contributed by atoms with Crippen LogP contribution in [0.25, 0.3) is 26.9 Å². The molecule has 176 valence electrons. The first-order valence-corrected chi connectivity index (χ1v) is 12.4. The van der Waals surface area contributed by atoms with E-state index in [0.717, 1.165) is 27.8 Å². The molecule has 0 spiro atoms. The molecule has 0 saturated heterocycles. The Bertz CT molecular complexity index is 1580. The molecule has 2 N–H and O–H groups in total. The fraction of sp³-hybridized carbons (Fsp3) is 0.0870. The van der Waals surface area contributed by atoms with Gasteiger partial charge in [0.05, 0.1) is 5.02 Å². The van der Waals surface area contributed by atoms with Gasteiger partial charge >= 0.3 is 0 Å². The number of benzene rings is 2. The fourth-order valence-electron chi connectivity index (χ4n) is 3.34. The van der Waals surface area contributed by atoms with E-state index < -0.39 is 5.91 Å². The number of thiocarbonyl (C=S) groups is 1. The summed E-state index contributed by atoms with van der Waals surface area (Å²) in [5, 5.41) is 20.4. The number of carbonyl (C=O) groups excluding carboxylic acids is 1. The summed E-state index contributed by atoms with van der Waals surface area (Å²) in [6.07, 6.45) is 0.739. The van der Waals surface area contributed by atoms with E-state index in [-0.39, 0.29) is 10.9 Å². The molecule has 35 heavy (non-hydrogen) atoms. The monoisotopic (exact) mass is 542 g/mol. The summed E-state index contributed by atoms with van der Waals surface area (Å²) in [5.41, 5.74) is 2.17. The number of furan rings is 1. The summed E-state index contributed by atoms with van der Waals surface area (Å²) in [6.45, 7) is 2.01. The number of anilines is 1. The van der Waals surface area contributed by atoms with E-state index in [1.165, 1.54) is 11.3 Å². The largest absolute Gasteiger partial charge is 0.451 e. The highest BCUT2D eigenvalue weighted by molar-refractivity contribution is 7.80. The number of halogens is 2. The summed E-state index contributed by atoms with van der Waals surface area (Å²) in [6, 6.07) is 15.7. The molecule has 0 fully saturated rings. The molecule has 5 aromatic rings. The Morgan fingerprint density at radius 3 is 2.83 bits per heavy atom. The van der Waals surface area contributed by atoms with Crippen molar-refractivity contribution in [1.82, 2.24) is 25.1 Å². The summed E-state index contributed by atoms with van der Waals surface area (Å²) in [4.78, 5) is 13.4. The second-order valence-electron chi connectivity index (χ2n) is 7.35. The number of hydrogen-bond acceptors (Lipinski definition) is 7. The molecule has 0 bridgehead atoms. The van der Waals surface area contributed by atoms with Gasteiger partial charge in [-0.3, -0.25) is 10.1 Å². The van der Waals surface area contributed by atoms with Crippen LogP contribution in [-0.4, -0.2) is 30.8 Å². The Labute approximate surface area is 218 Å². The number of carbonyl (C=O) groups is 1. The van der Waals surface area contributed by atoms with E-state index in [9.17, 15) is 4.79 Å². The third kappa shape index (κ3) is 4.92. The van der Waals surface area contributed by atoms with Crippen molar-refractivity contribution >= 4 is 68.4 Å². The van der Waals surface area contributed by atoms with Crippen LogP contribution in [0.5, 0.6) is 0 Å². The second kappa shape index (κ2) is 9.74. The topological polar surface area (TPSA) is 97.3 Å². The molecule has 3 aromatic heterocycles. The van der Waals surface area contributed by atoms with Crippen molar-refractivity contribution < 1.29 is 9.21 Å². The maximum atomic E-state index is 12.6. The number of aromatic nitrogens is 4. The van der Waals surface area contributed by atoms with Crippen LogP contribution in [0.4, 0.5) is 5.69 Å². The van der Waals surface area contributed by atoms with Gasteiger partial charge < -0.3 is 9.73 Å². The number of hydrogen-bond donors (Lipinski definition) is 2. The van der Waals surface area contributed by atoms with Gasteiger partial charge in [0.15, 0.2) is 16.7 Å². The van der Waals surface area contributed by atoms with Gasteiger partial charge in [-0.25, -0.2) is 0 Å². The normalized spacial score (nSPS) is 11.1. The SMILES string of the molecule is CCc1nnc2sc(-c3cccc(NC(=S)NC(=O)c4ccc(-c5cc(Cl)ccc5Cl)o4)c3)nn12. The minimum atomic E-state index is -0.496. The molecular formula is C23H16Cl2N6O2S2. The second-order valence-corrected chi connectivity index (χ2v) is 9.56. The Morgan fingerprint density at radius 2 is 2.00 bits per heavy atom. The highest BCUT2D eigenvalue weighted by Gasteiger charge is 2.16. The molecule has 12 heteroatoms. The molecule has 2 aromatic carbocycles. The van der Waals surface area contributed by atoms with Gasteiger partial charge in [-0.15, -0.1) is 10.2 Å². The predicted octanol–water partition coefficient (Wildman–Crippen LogP) is 6.11. The van der Waals surface area contributed by atoms with Gasteiger partial charge in [0, 0.05) is 28.3 Å². The van der Waals surface area contributed by atoms with Gasteiger partial charge in [-0.1, -0.05) is 53.6 Å². The number of nitrogens with zero attached hydrogens (tertiary/aromatic N) is 4. The molecular weight excluding hydrogens is 527 g/mol. The molecule has 0 aliphatic heterocycles. The van der Waals surface area contributed by atoms with Gasteiger partial charge in [-0.05, 0) is 54.7 Å². The van der Waals surface area contributed by atoms with Gasteiger partial charge in [0.2, 0.25) is 4.96 Å². The van der Waals surface area contributed by atoms with Crippen LogP contribution in [0, 0.1) is 0 Å². The smallest absolute Gasteiger partial charge is 0.293 e. The third-order valence-corrected chi connectivity index (χ3v) is 6.71. The Kier molecular flexibility index (Phi) is 6.52. The fourth-order valence-corrected chi connectivity index (χ4v) is 4.79. The van der Waals surface area contributed by atoms with E-state index in [0.29, 0.717) is 27.1 Å². The molecule has 5 rings (SSSR count). The minimum Gasteiger partial charge on any atom is -0.451 e. The van der Waals surface area contributed by atoms with Crippen molar-refractivity contribution in [3.63, 3.8) is 0 Å². The van der Waals surface area contributed by atoms with E-state index in [1.54, 1.807) is 34.8 Å². The molecule has 3 heterocycles. The quantitative estimate of drug-likeness (QED) is 0.258. The maximum Gasteiger partial charge on any atom is 0.293 e. The first-order chi connectivity index (χ1) is 16.9. The lowest BCUT2D eigenvalue weighted by molar-refractivity contribution is 0.0951. The molecule has 0 aliphatic carbocycles. The van der Waals surface area contributed by atoms with Gasteiger partial charge in [0.1, 0.15) is 10.8 Å². The average molecular weight is 543 g/mol. The van der Waals surface area contributed by atoms with Crippen LogP contribution in [0.2, 0.25) is 10.0 Å². The summed E-state index contributed by atoms with van der Waals surface area (Å²) in [7, 11) is 0. The van der Waals surface area contributed by atoms with Crippen LogP contribution >= 0.6 is 46.8 Å². The van der Waals surface area contributed by atoms with Crippen molar-refractivity contribution in [3.8, 4) is 21.9 Å². The molecule has 0 unspecified atom stereocenters. The molecule has 0 aliphatic rings. The summed E-state index contributed by atoms with van der Waals surface area (Å²) < 4.78 is 7.42. The number of amides is 1. The van der Waals surface area contributed by atoms with Crippen LogP contribution in [0.15, 0.2) is 59.0 Å². The standard InChI is InChI=1S/C23H16Cl2N6O2S2/c1-2-19-28-29-23-31(19)30-21(35-23)12-4-3-5-14(10-12)26-22(34)27-20(32)18-9-8-17(33-18)15-11-13(24)6-7-16(15)25/h3-11H,2H2,1H3,(H2,26,27,32,34). The summed E-state index contributed by atoms with van der Waals surface area (Å²) >= 11 is 19.0. The minimum absolute atomic E-state index is 0.0837. The van der Waals surface area contributed by atoms with E-state index in [1.807, 2.05) is 31.2 Å². The van der Waals surface area contributed by atoms with Crippen LogP contribution in [0.3, 0.4) is 0 Å². The number of nitrogens with one attached hydrogen (secondary N) is 2. The zero-order chi connectivity index (χ0) is 24.5. The van der Waals surface area contributed by atoms with Crippen molar-refractivity contribution in [2.75, 3.05) is 5.32 Å². The van der Waals surface area contributed by atoms with Crippen molar-refractivity contribution in [1.29, 1.82) is 0 Å². The predicted molar refractivity (Wildman–Crippen MR) is 141 cm³/mol. The molecule has 0 saturated carbocycles. The first kappa shape index (κ1) is 23.4. The molecule has 8 nitrogen and oxygen atoms in total. The lowest BCUT2D eigenvalue weighted by atomic mass is 10.2. The zero-order valence-electron chi connectivity index (χ0n) is 18.1. The summed E-state index contributed by atoms with van der Waals surface area (Å²) in [5.74, 6) is 0.814. The van der Waals surface area contributed by atoms with Crippen molar-refractivity contribution in [2.24, 2.45) is 0 Å². The lowest BCUT2D eigenvalue weighted by Gasteiger charge is -2.09. The zero-order valence-corrected chi connectivity index (χ0v) is 21.2. The van der Waals surface area contributed by atoms with Crippen LogP contribution < -0.4 is 10.6 Å². The number of aryl methyl sites for hydroxylation is 1. The van der Waals surface area contributed by atoms with Gasteiger partial charge in [0.25, 0.3) is 5.91 Å². The van der Waals surface area contributed by atoms with Gasteiger partial charge in [-0.2, -0.15) is 9.61 Å². The van der Waals surface area contributed by atoms with E-state index in [4.69, 9.17) is 39.8 Å². The van der Waals surface area contributed by atoms with Crippen molar-refractivity contribution in [3.05, 3.63) is 76.2 Å². The third-order valence-electron chi connectivity index (χ3n) is 4.99. The highest BCUT2D eigenvalue weighted by Crippen LogP contribution is 2.32. The molecule has 0 radical (unpaired) electrons.